The molecule has 0 spiro atoms. The molecule has 0 aliphatic rings. The summed E-state index contributed by atoms with van der Waals surface area (Å²) in [5, 5.41) is 8.70. The van der Waals surface area contributed by atoms with E-state index in [0.717, 1.165) is 12.0 Å². The molecule has 0 saturated heterocycles. The average molecular weight is 244 g/mol. The van der Waals surface area contributed by atoms with E-state index in [1.807, 2.05) is 31.2 Å². The summed E-state index contributed by atoms with van der Waals surface area (Å²) in [4.78, 5) is 18.3. The Hall–Kier alpha value is -2.43. The lowest BCUT2D eigenvalue weighted by Crippen LogP contribution is -2.01. The SMILES string of the molecule is CCc1ccccc1Oc1cnc(C(=O)O)cn1. The lowest BCUT2D eigenvalue weighted by Gasteiger charge is -2.08. The van der Waals surface area contributed by atoms with Gasteiger partial charge in [-0.1, -0.05) is 25.1 Å². The number of benzene rings is 1. The molecule has 1 aromatic heterocycles. The molecule has 0 aliphatic heterocycles. The second-order valence-corrected chi connectivity index (χ2v) is 3.61. The van der Waals surface area contributed by atoms with Gasteiger partial charge in [0.2, 0.25) is 5.88 Å². The maximum absolute atomic E-state index is 10.6. The summed E-state index contributed by atoms with van der Waals surface area (Å²) in [6.07, 6.45) is 3.32. The quantitative estimate of drug-likeness (QED) is 0.894. The van der Waals surface area contributed by atoms with E-state index in [-0.39, 0.29) is 11.6 Å². The fraction of sp³-hybridized carbons (Fsp3) is 0.154. The van der Waals surface area contributed by atoms with Gasteiger partial charge in [-0.2, -0.15) is 0 Å². The molecule has 1 N–H and O–H groups in total. The first-order valence-electron chi connectivity index (χ1n) is 5.51. The molecule has 0 fully saturated rings. The number of carbonyl (C=O) groups is 1. The van der Waals surface area contributed by atoms with Crippen molar-refractivity contribution >= 4 is 5.97 Å². The van der Waals surface area contributed by atoms with Gasteiger partial charge >= 0.3 is 5.97 Å². The van der Waals surface area contributed by atoms with Gasteiger partial charge in [0.15, 0.2) is 5.69 Å². The van der Waals surface area contributed by atoms with Crippen LogP contribution >= 0.6 is 0 Å². The Balaban J connectivity index is 2.21. The predicted octanol–water partition coefficient (Wildman–Crippen LogP) is 2.53. The number of aryl methyl sites for hydroxylation is 1. The Kier molecular flexibility index (Phi) is 3.52. The lowest BCUT2D eigenvalue weighted by molar-refractivity contribution is 0.0690. The maximum Gasteiger partial charge on any atom is 0.356 e. The van der Waals surface area contributed by atoms with Crippen molar-refractivity contribution in [2.45, 2.75) is 13.3 Å². The van der Waals surface area contributed by atoms with Crippen LogP contribution in [-0.4, -0.2) is 21.0 Å². The maximum atomic E-state index is 10.6. The lowest BCUT2D eigenvalue weighted by atomic mass is 10.1. The molecule has 1 aromatic carbocycles. The number of nitrogens with zero attached hydrogens (tertiary/aromatic N) is 2. The Morgan fingerprint density at radius 2 is 2.06 bits per heavy atom. The summed E-state index contributed by atoms with van der Waals surface area (Å²) in [6, 6.07) is 7.61. The van der Waals surface area contributed by atoms with E-state index in [4.69, 9.17) is 9.84 Å². The molecule has 2 rings (SSSR count). The monoisotopic (exact) mass is 244 g/mol. The highest BCUT2D eigenvalue weighted by atomic mass is 16.5. The first-order valence-corrected chi connectivity index (χ1v) is 5.51. The van der Waals surface area contributed by atoms with Gasteiger partial charge in [-0.3, -0.25) is 0 Å². The van der Waals surface area contributed by atoms with Crippen LogP contribution in [0.15, 0.2) is 36.7 Å². The van der Waals surface area contributed by atoms with E-state index < -0.39 is 5.97 Å². The molecule has 2 aromatic rings. The van der Waals surface area contributed by atoms with Crippen LogP contribution in [0.1, 0.15) is 23.0 Å². The van der Waals surface area contributed by atoms with Crippen LogP contribution in [0.5, 0.6) is 11.6 Å². The molecule has 0 bridgehead atoms. The summed E-state index contributed by atoms with van der Waals surface area (Å²) in [5.41, 5.74) is 0.952. The minimum atomic E-state index is -1.11. The predicted molar refractivity (Wildman–Crippen MR) is 64.9 cm³/mol. The molecule has 1 heterocycles. The van der Waals surface area contributed by atoms with Gasteiger partial charge in [-0.05, 0) is 18.1 Å². The molecule has 0 amide bonds. The molecule has 0 unspecified atom stereocenters. The molecule has 92 valence electrons. The highest BCUT2D eigenvalue weighted by Crippen LogP contribution is 2.23. The van der Waals surface area contributed by atoms with Gasteiger partial charge in [0.25, 0.3) is 0 Å². The Labute approximate surface area is 104 Å². The third kappa shape index (κ3) is 2.63. The van der Waals surface area contributed by atoms with Gasteiger partial charge in [-0.25, -0.2) is 14.8 Å². The second kappa shape index (κ2) is 5.27. The summed E-state index contributed by atoms with van der Waals surface area (Å²) >= 11 is 0. The van der Waals surface area contributed by atoms with Crippen molar-refractivity contribution < 1.29 is 14.6 Å². The minimum absolute atomic E-state index is 0.105. The summed E-state index contributed by atoms with van der Waals surface area (Å²) in [5.74, 6) is -0.124. The zero-order valence-corrected chi connectivity index (χ0v) is 9.83. The van der Waals surface area contributed by atoms with Crippen molar-refractivity contribution in [1.29, 1.82) is 0 Å². The molecular formula is C13H12N2O3. The first kappa shape index (κ1) is 12.0. The Bertz CT molecular complexity index is 552. The number of carboxylic acids is 1. The fourth-order valence-corrected chi connectivity index (χ4v) is 1.49. The van der Waals surface area contributed by atoms with Crippen LogP contribution in [0.3, 0.4) is 0 Å². The van der Waals surface area contributed by atoms with Crippen LogP contribution < -0.4 is 4.74 Å². The van der Waals surface area contributed by atoms with Crippen molar-refractivity contribution in [3.8, 4) is 11.6 Å². The second-order valence-electron chi connectivity index (χ2n) is 3.61. The van der Waals surface area contributed by atoms with Gasteiger partial charge in [0, 0.05) is 0 Å². The van der Waals surface area contributed by atoms with E-state index in [2.05, 4.69) is 9.97 Å². The molecular weight excluding hydrogens is 232 g/mol. The highest BCUT2D eigenvalue weighted by Gasteiger charge is 2.07. The number of para-hydroxylation sites is 1. The van der Waals surface area contributed by atoms with E-state index in [1.165, 1.54) is 12.4 Å². The van der Waals surface area contributed by atoms with Crippen molar-refractivity contribution in [3.05, 3.63) is 47.9 Å². The van der Waals surface area contributed by atoms with E-state index in [9.17, 15) is 4.79 Å². The molecule has 5 nitrogen and oxygen atoms in total. The Morgan fingerprint density at radius 1 is 1.28 bits per heavy atom. The van der Waals surface area contributed by atoms with E-state index >= 15 is 0 Å². The summed E-state index contributed by atoms with van der Waals surface area (Å²) in [6.45, 7) is 2.03. The van der Waals surface area contributed by atoms with E-state index in [0.29, 0.717) is 5.75 Å². The third-order valence-corrected chi connectivity index (χ3v) is 2.42. The average Bonchev–Trinajstić information content (AvgIpc) is 2.40. The van der Waals surface area contributed by atoms with Crippen LogP contribution in [-0.2, 0) is 6.42 Å². The largest absolute Gasteiger partial charge is 0.476 e. The topological polar surface area (TPSA) is 72.3 Å². The number of aromatic carboxylic acids is 1. The van der Waals surface area contributed by atoms with Gasteiger partial charge in [-0.15, -0.1) is 0 Å². The number of carboxylic acid groups (broad SMARTS) is 1. The van der Waals surface area contributed by atoms with Gasteiger partial charge in [0.1, 0.15) is 5.75 Å². The number of aromatic nitrogens is 2. The molecule has 5 heteroatoms. The number of hydrogen-bond acceptors (Lipinski definition) is 4. The fourth-order valence-electron chi connectivity index (χ4n) is 1.49. The zero-order chi connectivity index (χ0) is 13.0. The third-order valence-electron chi connectivity index (χ3n) is 2.42. The normalized spacial score (nSPS) is 10.1. The Morgan fingerprint density at radius 3 is 2.67 bits per heavy atom. The number of hydrogen-bond donors (Lipinski definition) is 1. The minimum Gasteiger partial charge on any atom is -0.476 e. The van der Waals surface area contributed by atoms with Crippen LogP contribution in [0.4, 0.5) is 0 Å². The van der Waals surface area contributed by atoms with Crippen LogP contribution in [0.2, 0.25) is 0 Å². The van der Waals surface area contributed by atoms with Gasteiger partial charge < -0.3 is 9.84 Å². The molecule has 0 aliphatic carbocycles. The van der Waals surface area contributed by atoms with E-state index in [1.54, 1.807) is 0 Å². The first-order chi connectivity index (χ1) is 8.70. The van der Waals surface area contributed by atoms with Crippen molar-refractivity contribution in [2.24, 2.45) is 0 Å². The highest BCUT2D eigenvalue weighted by molar-refractivity contribution is 5.84. The smallest absolute Gasteiger partial charge is 0.356 e. The molecule has 0 radical (unpaired) electrons. The molecule has 0 atom stereocenters. The number of ether oxygens (including phenoxy) is 1. The van der Waals surface area contributed by atoms with Crippen molar-refractivity contribution in [1.82, 2.24) is 9.97 Å². The standard InChI is InChI=1S/C13H12N2O3/c1-2-9-5-3-4-6-11(9)18-12-8-14-10(7-15-12)13(16)17/h3-8H,2H2,1H3,(H,16,17). The molecule has 0 saturated carbocycles. The van der Waals surface area contributed by atoms with Gasteiger partial charge in [0.05, 0.1) is 12.4 Å². The van der Waals surface area contributed by atoms with Crippen LogP contribution in [0, 0.1) is 0 Å². The summed E-state index contributed by atoms with van der Waals surface area (Å²) in [7, 11) is 0. The molecule has 18 heavy (non-hydrogen) atoms. The zero-order valence-electron chi connectivity index (χ0n) is 9.83. The van der Waals surface area contributed by atoms with Crippen LogP contribution in [0.25, 0.3) is 0 Å². The van der Waals surface area contributed by atoms with Crippen molar-refractivity contribution in [2.75, 3.05) is 0 Å². The van der Waals surface area contributed by atoms with Crippen molar-refractivity contribution in [3.63, 3.8) is 0 Å². The number of rotatable bonds is 4. The summed E-state index contributed by atoms with van der Waals surface area (Å²) < 4.78 is 5.57.